The Labute approximate surface area is 101 Å². The molecule has 92 valence electrons. The molecule has 1 saturated heterocycles. The fourth-order valence-electron chi connectivity index (χ4n) is 1.94. The molecule has 0 aliphatic carbocycles. The van der Waals surface area contributed by atoms with Crippen molar-refractivity contribution in [3.05, 3.63) is 35.9 Å². The molecule has 0 aromatic heterocycles. The molecule has 1 aromatic carbocycles. The third-order valence-corrected chi connectivity index (χ3v) is 3.06. The van der Waals surface area contributed by atoms with Crippen LogP contribution in [0.15, 0.2) is 30.3 Å². The average Bonchev–Trinajstić information content (AvgIpc) is 2.25. The van der Waals surface area contributed by atoms with Crippen molar-refractivity contribution in [2.24, 2.45) is 0 Å². The predicted octanol–water partition coefficient (Wildman–Crippen LogP) is 1.78. The molecule has 0 bridgehead atoms. The van der Waals surface area contributed by atoms with Crippen LogP contribution in [-0.4, -0.2) is 34.8 Å². The first-order valence-corrected chi connectivity index (χ1v) is 5.84. The molecular weight excluding hydrogens is 218 g/mol. The van der Waals surface area contributed by atoms with E-state index in [1.165, 1.54) is 0 Å². The van der Waals surface area contributed by atoms with Crippen molar-refractivity contribution in [1.82, 2.24) is 4.90 Å². The van der Waals surface area contributed by atoms with Gasteiger partial charge in [0.15, 0.2) is 0 Å². The molecule has 1 aromatic rings. The Kier molecular flexibility index (Phi) is 3.64. The minimum Gasteiger partial charge on any atom is -0.445 e. The summed E-state index contributed by atoms with van der Waals surface area (Å²) in [6, 6.07) is 9.48. The van der Waals surface area contributed by atoms with Gasteiger partial charge in [-0.2, -0.15) is 0 Å². The molecule has 2 atom stereocenters. The van der Waals surface area contributed by atoms with Crippen molar-refractivity contribution >= 4 is 6.09 Å². The first kappa shape index (κ1) is 11.9. The Morgan fingerprint density at radius 3 is 2.76 bits per heavy atom. The van der Waals surface area contributed by atoms with E-state index in [-0.39, 0.29) is 18.7 Å². The molecule has 1 amide bonds. The normalized spacial score (nSPS) is 20.6. The van der Waals surface area contributed by atoms with Gasteiger partial charge in [-0.1, -0.05) is 30.3 Å². The van der Waals surface area contributed by atoms with Crippen molar-refractivity contribution in [3.63, 3.8) is 0 Å². The average molecular weight is 235 g/mol. The zero-order valence-electron chi connectivity index (χ0n) is 9.87. The zero-order chi connectivity index (χ0) is 12.3. The SMILES string of the molecule is CC(O)C1CCN1C(=O)OCc1ccccc1. The van der Waals surface area contributed by atoms with Gasteiger partial charge in [0.25, 0.3) is 0 Å². The second-order valence-corrected chi connectivity index (χ2v) is 4.33. The number of ether oxygens (including phenoxy) is 1. The summed E-state index contributed by atoms with van der Waals surface area (Å²) in [5.74, 6) is 0. The van der Waals surface area contributed by atoms with E-state index in [1.54, 1.807) is 11.8 Å². The topological polar surface area (TPSA) is 49.8 Å². The zero-order valence-corrected chi connectivity index (χ0v) is 9.87. The lowest BCUT2D eigenvalue weighted by Crippen LogP contribution is -2.56. The van der Waals surface area contributed by atoms with Gasteiger partial charge in [0, 0.05) is 6.54 Å². The standard InChI is InChI=1S/C13H17NO3/c1-10(15)12-7-8-14(12)13(16)17-9-11-5-3-2-4-6-11/h2-6,10,12,15H,7-9H2,1H3. The van der Waals surface area contributed by atoms with Crippen LogP contribution in [0.4, 0.5) is 4.79 Å². The highest BCUT2D eigenvalue weighted by Crippen LogP contribution is 2.21. The van der Waals surface area contributed by atoms with E-state index in [9.17, 15) is 9.90 Å². The first-order valence-electron chi connectivity index (χ1n) is 5.84. The number of hydrogen-bond donors (Lipinski definition) is 1. The number of hydrogen-bond acceptors (Lipinski definition) is 3. The van der Waals surface area contributed by atoms with E-state index in [0.717, 1.165) is 12.0 Å². The monoisotopic (exact) mass is 235 g/mol. The largest absolute Gasteiger partial charge is 0.445 e. The predicted molar refractivity (Wildman–Crippen MR) is 63.4 cm³/mol. The summed E-state index contributed by atoms with van der Waals surface area (Å²) in [4.78, 5) is 13.3. The minimum atomic E-state index is -0.493. The van der Waals surface area contributed by atoms with Crippen molar-refractivity contribution < 1.29 is 14.6 Å². The summed E-state index contributed by atoms with van der Waals surface area (Å²) in [6.07, 6.45) is 0.0111. The molecule has 17 heavy (non-hydrogen) atoms. The van der Waals surface area contributed by atoms with Gasteiger partial charge in [-0.25, -0.2) is 4.79 Å². The lowest BCUT2D eigenvalue weighted by atomic mass is 9.99. The van der Waals surface area contributed by atoms with Crippen LogP contribution in [0.3, 0.4) is 0 Å². The van der Waals surface area contributed by atoms with Crippen molar-refractivity contribution in [1.29, 1.82) is 0 Å². The highest BCUT2D eigenvalue weighted by molar-refractivity contribution is 5.69. The number of benzene rings is 1. The maximum Gasteiger partial charge on any atom is 0.410 e. The van der Waals surface area contributed by atoms with E-state index in [4.69, 9.17) is 4.74 Å². The second kappa shape index (κ2) is 5.19. The van der Waals surface area contributed by atoms with E-state index < -0.39 is 6.10 Å². The van der Waals surface area contributed by atoms with Crippen LogP contribution in [0.25, 0.3) is 0 Å². The van der Waals surface area contributed by atoms with Crippen LogP contribution in [0, 0.1) is 0 Å². The highest BCUT2D eigenvalue weighted by Gasteiger charge is 2.36. The first-order chi connectivity index (χ1) is 8.18. The number of amides is 1. The molecular formula is C13H17NO3. The number of likely N-dealkylation sites (tertiary alicyclic amines) is 1. The summed E-state index contributed by atoms with van der Waals surface area (Å²) in [6.45, 7) is 2.65. The van der Waals surface area contributed by atoms with Crippen LogP contribution in [0.2, 0.25) is 0 Å². The van der Waals surface area contributed by atoms with Gasteiger partial charge in [-0.3, -0.25) is 0 Å². The summed E-state index contributed by atoms with van der Waals surface area (Å²) >= 11 is 0. The molecule has 4 heteroatoms. The van der Waals surface area contributed by atoms with Gasteiger partial charge in [0.2, 0.25) is 0 Å². The van der Waals surface area contributed by atoms with Gasteiger partial charge in [0.05, 0.1) is 12.1 Å². The number of nitrogens with zero attached hydrogens (tertiary/aromatic N) is 1. The number of carbonyl (C=O) groups excluding carboxylic acids is 1. The Balaban J connectivity index is 1.82. The minimum absolute atomic E-state index is 0.0849. The maximum absolute atomic E-state index is 11.7. The molecule has 1 heterocycles. The third-order valence-electron chi connectivity index (χ3n) is 3.06. The van der Waals surface area contributed by atoms with E-state index in [1.807, 2.05) is 30.3 Å². The second-order valence-electron chi connectivity index (χ2n) is 4.33. The van der Waals surface area contributed by atoms with Crippen LogP contribution < -0.4 is 0 Å². The Hall–Kier alpha value is -1.55. The molecule has 2 rings (SSSR count). The Morgan fingerprint density at radius 1 is 1.53 bits per heavy atom. The van der Waals surface area contributed by atoms with Gasteiger partial charge < -0.3 is 14.7 Å². The summed E-state index contributed by atoms with van der Waals surface area (Å²) < 4.78 is 5.19. The summed E-state index contributed by atoms with van der Waals surface area (Å²) in [7, 11) is 0. The number of rotatable bonds is 3. The van der Waals surface area contributed by atoms with Gasteiger partial charge in [-0.05, 0) is 18.9 Å². The molecule has 1 fully saturated rings. The fraction of sp³-hybridized carbons (Fsp3) is 0.462. The summed E-state index contributed by atoms with van der Waals surface area (Å²) in [5, 5.41) is 9.43. The number of aliphatic hydroxyl groups excluding tert-OH is 1. The van der Waals surface area contributed by atoms with Gasteiger partial charge >= 0.3 is 6.09 Å². The molecule has 1 aliphatic rings. The third kappa shape index (κ3) is 2.77. The quantitative estimate of drug-likeness (QED) is 0.868. The Bertz CT molecular complexity index is 378. The maximum atomic E-state index is 11.7. The lowest BCUT2D eigenvalue weighted by molar-refractivity contribution is -0.00980. The highest BCUT2D eigenvalue weighted by atomic mass is 16.6. The molecule has 0 saturated carbocycles. The van der Waals surface area contributed by atoms with Crippen LogP contribution >= 0.6 is 0 Å². The number of carbonyl (C=O) groups is 1. The lowest BCUT2D eigenvalue weighted by Gasteiger charge is -2.41. The van der Waals surface area contributed by atoms with E-state index >= 15 is 0 Å². The molecule has 4 nitrogen and oxygen atoms in total. The molecule has 2 unspecified atom stereocenters. The van der Waals surface area contributed by atoms with E-state index in [2.05, 4.69) is 0 Å². The summed E-state index contributed by atoms with van der Waals surface area (Å²) in [5.41, 5.74) is 0.968. The van der Waals surface area contributed by atoms with Crippen LogP contribution in [0.5, 0.6) is 0 Å². The van der Waals surface area contributed by atoms with Crippen LogP contribution in [-0.2, 0) is 11.3 Å². The van der Waals surface area contributed by atoms with Crippen molar-refractivity contribution in [3.8, 4) is 0 Å². The molecule has 0 radical (unpaired) electrons. The smallest absolute Gasteiger partial charge is 0.410 e. The number of aliphatic hydroxyl groups is 1. The molecule has 1 aliphatic heterocycles. The fourth-order valence-corrected chi connectivity index (χ4v) is 1.94. The van der Waals surface area contributed by atoms with Crippen LogP contribution in [0.1, 0.15) is 18.9 Å². The van der Waals surface area contributed by atoms with Gasteiger partial charge in [-0.15, -0.1) is 0 Å². The molecule has 0 spiro atoms. The molecule has 1 N–H and O–H groups in total. The van der Waals surface area contributed by atoms with E-state index in [0.29, 0.717) is 6.54 Å². The van der Waals surface area contributed by atoms with Gasteiger partial charge in [0.1, 0.15) is 6.61 Å². The Morgan fingerprint density at radius 2 is 2.24 bits per heavy atom. The van der Waals surface area contributed by atoms with Crippen molar-refractivity contribution in [2.75, 3.05) is 6.54 Å². The van der Waals surface area contributed by atoms with Crippen molar-refractivity contribution in [2.45, 2.75) is 32.1 Å².